The summed E-state index contributed by atoms with van der Waals surface area (Å²) in [6.07, 6.45) is 0. The molecule has 1 aromatic carbocycles. The van der Waals surface area contributed by atoms with Crippen LogP contribution >= 0.6 is 17.9 Å². The van der Waals surface area contributed by atoms with Gasteiger partial charge < -0.3 is 0 Å². The predicted molar refractivity (Wildman–Crippen MR) is 98.8 cm³/mol. The van der Waals surface area contributed by atoms with Crippen LogP contribution in [0.15, 0.2) is 12.1 Å². The van der Waals surface area contributed by atoms with Crippen molar-refractivity contribution in [3.8, 4) is 0 Å². The molecule has 0 aromatic heterocycles. The second-order valence-electron chi connectivity index (χ2n) is 9.00. The molecule has 3 heteroatoms. The van der Waals surface area contributed by atoms with E-state index >= 15 is 0 Å². The Morgan fingerprint density at radius 1 is 0.952 bits per heavy atom. The molecular weight excluding hydrogens is 415 g/mol. The standard InChI is InChI=1S/C18H28Cl2Te/c1-16(2,3)12-9-13(17(4,5)6)15-14(10-12)18(7,8)11-21(15,19)20/h9-10H,11H2,1-8H3. The molecule has 0 spiro atoms. The molecule has 120 valence electrons. The van der Waals surface area contributed by atoms with E-state index in [1.54, 1.807) is 0 Å². The van der Waals surface area contributed by atoms with Gasteiger partial charge in [-0.15, -0.1) is 0 Å². The fourth-order valence-electron chi connectivity index (χ4n) is 3.05. The molecule has 2 rings (SSSR count). The van der Waals surface area contributed by atoms with Gasteiger partial charge in [0.15, 0.2) is 0 Å². The number of rotatable bonds is 0. The van der Waals surface area contributed by atoms with Gasteiger partial charge in [0.25, 0.3) is 0 Å². The van der Waals surface area contributed by atoms with E-state index in [-0.39, 0.29) is 16.2 Å². The monoisotopic (exact) mass is 444 g/mol. The van der Waals surface area contributed by atoms with Crippen LogP contribution < -0.4 is 3.61 Å². The first-order chi connectivity index (χ1) is 9.16. The minimum atomic E-state index is -2.98. The first kappa shape index (κ1) is 17.9. The molecule has 0 bridgehead atoms. The van der Waals surface area contributed by atoms with Crippen molar-refractivity contribution in [3.63, 3.8) is 0 Å². The van der Waals surface area contributed by atoms with Crippen LogP contribution in [0.1, 0.15) is 72.1 Å². The summed E-state index contributed by atoms with van der Waals surface area (Å²) in [5.74, 6) is 0. The van der Waals surface area contributed by atoms with Gasteiger partial charge in [-0.1, -0.05) is 0 Å². The zero-order chi connectivity index (χ0) is 16.4. The van der Waals surface area contributed by atoms with Crippen LogP contribution in [0.5, 0.6) is 0 Å². The Morgan fingerprint density at radius 3 is 1.90 bits per heavy atom. The average molecular weight is 443 g/mol. The van der Waals surface area contributed by atoms with Gasteiger partial charge in [0, 0.05) is 0 Å². The molecular formula is C18H28Cl2Te. The molecule has 1 aliphatic heterocycles. The van der Waals surface area contributed by atoms with Crippen molar-refractivity contribution >= 4 is 37.5 Å². The zero-order valence-electron chi connectivity index (χ0n) is 14.5. The Bertz CT molecular complexity index is 572. The van der Waals surface area contributed by atoms with E-state index in [1.807, 2.05) is 0 Å². The van der Waals surface area contributed by atoms with Crippen molar-refractivity contribution in [3.05, 3.63) is 28.8 Å². The summed E-state index contributed by atoms with van der Waals surface area (Å²) >= 11 is -2.98. The van der Waals surface area contributed by atoms with Crippen LogP contribution in [0.25, 0.3) is 0 Å². The molecule has 1 aliphatic rings. The number of benzene rings is 1. The summed E-state index contributed by atoms with van der Waals surface area (Å²) in [5, 5.41) is 0. The van der Waals surface area contributed by atoms with E-state index in [2.05, 4.69) is 67.5 Å². The van der Waals surface area contributed by atoms with Crippen LogP contribution in [-0.2, 0) is 16.2 Å². The number of halogens is 2. The van der Waals surface area contributed by atoms with Crippen LogP contribution in [0, 0.1) is 0 Å². The summed E-state index contributed by atoms with van der Waals surface area (Å²) < 4.78 is 2.30. The number of hydrogen-bond donors (Lipinski definition) is 0. The molecule has 1 heterocycles. The van der Waals surface area contributed by atoms with Gasteiger partial charge in [0.05, 0.1) is 0 Å². The van der Waals surface area contributed by atoms with Crippen molar-refractivity contribution in [2.24, 2.45) is 0 Å². The maximum atomic E-state index is 6.92. The molecule has 0 fully saturated rings. The maximum absolute atomic E-state index is 6.92. The third kappa shape index (κ3) is 3.28. The van der Waals surface area contributed by atoms with Gasteiger partial charge in [-0.25, -0.2) is 0 Å². The predicted octanol–water partition coefficient (Wildman–Crippen LogP) is 5.70. The van der Waals surface area contributed by atoms with E-state index in [4.69, 9.17) is 17.9 Å². The molecule has 21 heavy (non-hydrogen) atoms. The van der Waals surface area contributed by atoms with Crippen molar-refractivity contribution in [2.75, 3.05) is 0 Å². The fourth-order valence-corrected chi connectivity index (χ4v) is 16.2. The average Bonchev–Trinajstić information content (AvgIpc) is 2.41. The minimum absolute atomic E-state index is 0.0761. The van der Waals surface area contributed by atoms with Crippen LogP contribution in [-0.4, -0.2) is 15.9 Å². The first-order valence-electron chi connectivity index (χ1n) is 7.56. The molecule has 0 aliphatic carbocycles. The van der Waals surface area contributed by atoms with Gasteiger partial charge in [-0.05, 0) is 0 Å². The fraction of sp³-hybridized carbons (Fsp3) is 0.667. The molecule has 0 atom stereocenters. The molecule has 0 nitrogen and oxygen atoms in total. The molecule has 1 aromatic rings. The van der Waals surface area contributed by atoms with Gasteiger partial charge >= 0.3 is 142 Å². The Labute approximate surface area is 141 Å². The van der Waals surface area contributed by atoms with Crippen LogP contribution in [0.2, 0.25) is 4.47 Å². The SMILES string of the molecule is CC(C)(C)c1cc(C(C)(C)C)c2c(c1)C(C)(C)C[Te]2(Cl)Cl. The van der Waals surface area contributed by atoms with Gasteiger partial charge in [-0.2, -0.15) is 0 Å². The normalized spacial score (nSPS) is 22.0. The first-order valence-corrected chi connectivity index (χ1v) is 16.3. The third-order valence-electron chi connectivity index (χ3n) is 4.33. The second kappa shape index (κ2) is 5.04. The third-order valence-corrected chi connectivity index (χ3v) is 13.9. The Kier molecular flexibility index (Phi) is 4.31. The van der Waals surface area contributed by atoms with Crippen molar-refractivity contribution < 1.29 is 0 Å². The summed E-state index contributed by atoms with van der Waals surface area (Å²) in [7, 11) is 13.8. The van der Waals surface area contributed by atoms with Gasteiger partial charge in [-0.3, -0.25) is 0 Å². The van der Waals surface area contributed by atoms with Gasteiger partial charge in [0.2, 0.25) is 0 Å². The summed E-state index contributed by atoms with van der Waals surface area (Å²) in [4.78, 5) is 0. The van der Waals surface area contributed by atoms with Gasteiger partial charge in [0.1, 0.15) is 0 Å². The van der Waals surface area contributed by atoms with Crippen molar-refractivity contribution in [1.82, 2.24) is 0 Å². The Hall–Kier alpha value is 0.590. The van der Waals surface area contributed by atoms with E-state index in [0.717, 1.165) is 4.47 Å². The second-order valence-corrected chi connectivity index (χ2v) is 22.4. The molecule has 0 unspecified atom stereocenters. The summed E-state index contributed by atoms with van der Waals surface area (Å²) in [6.45, 7) is 18.2. The van der Waals surface area contributed by atoms with E-state index < -0.39 is 15.9 Å². The van der Waals surface area contributed by atoms with E-state index in [1.165, 1.54) is 20.3 Å². The topological polar surface area (TPSA) is 0 Å². The molecule has 0 radical (unpaired) electrons. The van der Waals surface area contributed by atoms with Crippen molar-refractivity contribution in [1.29, 1.82) is 0 Å². The van der Waals surface area contributed by atoms with E-state index in [9.17, 15) is 0 Å². The zero-order valence-corrected chi connectivity index (χ0v) is 18.4. The molecule has 0 saturated heterocycles. The Morgan fingerprint density at radius 2 is 1.48 bits per heavy atom. The number of hydrogen-bond acceptors (Lipinski definition) is 0. The summed E-state index contributed by atoms with van der Waals surface area (Å²) in [6, 6.07) is 4.74. The molecule has 0 N–H and O–H groups in total. The number of fused-ring (bicyclic) bond motifs is 1. The molecule has 0 amide bonds. The summed E-state index contributed by atoms with van der Waals surface area (Å²) in [5.41, 5.74) is 4.50. The molecule has 0 saturated carbocycles. The Balaban J connectivity index is 2.87. The van der Waals surface area contributed by atoms with Crippen LogP contribution in [0.4, 0.5) is 0 Å². The quantitative estimate of drug-likeness (QED) is 0.452. The van der Waals surface area contributed by atoms with E-state index in [0.29, 0.717) is 0 Å². The van der Waals surface area contributed by atoms with Crippen LogP contribution in [0.3, 0.4) is 0 Å². The van der Waals surface area contributed by atoms with Crippen molar-refractivity contribution in [2.45, 2.75) is 76.1 Å².